The number of fused-ring (bicyclic) bond motifs is 1. The first-order valence-electron chi connectivity index (χ1n) is 9.38. The Labute approximate surface area is 186 Å². The molecule has 2 aliphatic rings. The fourth-order valence-corrected chi connectivity index (χ4v) is 4.55. The average molecular weight is 450 g/mol. The van der Waals surface area contributed by atoms with Crippen LogP contribution >= 0.6 is 23.6 Å². The minimum Gasteiger partial charge on any atom is -0.351 e. The van der Waals surface area contributed by atoms with Gasteiger partial charge in [0.25, 0.3) is 5.69 Å². The summed E-state index contributed by atoms with van der Waals surface area (Å²) < 4.78 is 0. The molecular formula is C20H15N7O2S2. The first kappa shape index (κ1) is 19.4. The van der Waals surface area contributed by atoms with Crippen LogP contribution in [0.1, 0.15) is 22.2 Å². The number of anilines is 1. The van der Waals surface area contributed by atoms with Crippen LogP contribution < -0.4 is 10.2 Å². The third-order valence-electron chi connectivity index (χ3n) is 4.96. The minimum absolute atomic E-state index is 0.0103. The van der Waals surface area contributed by atoms with Crippen molar-refractivity contribution in [1.29, 1.82) is 0 Å². The summed E-state index contributed by atoms with van der Waals surface area (Å²) in [6.45, 7) is 1.88. The maximum Gasteiger partial charge on any atom is 0.269 e. The number of amidine groups is 2. The second kappa shape index (κ2) is 7.60. The molecule has 1 N–H and O–H groups in total. The predicted molar refractivity (Wildman–Crippen MR) is 123 cm³/mol. The molecule has 0 fully saturated rings. The Hall–Kier alpha value is -3.57. The van der Waals surface area contributed by atoms with Gasteiger partial charge in [-0.1, -0.05) is 53.8 Å². The van der Waals surface area contributed by atoms with Gasteiger partial charge in [0.1, 0.15) is 22.7 Å². The number of benzene rings is 2. The predicted octanol–water partition coefficient (Wildman–Crippen LogP) is 3.42. The van der Waals surface area contributed by atoms with Crippen molar-refractivity contribution in [2.75, 3.05) is 4.90 Å². The van der Waals surface area contributed by atoms with Crippen molar-refractivity contribution >= 4 is 51.2 Å². The summed E-state index contributed by atoms with van der Waals surface area (Å²) in [4.78, 5) is 22.3. The van der Waals surface area contributed by atoms with Crippen molar-refractivity contribution in [1.82, 2.24) is 15.5 Å². The maximum atomic E-state index is 11.3. The number of nitro benzene ring substituents is 1. The van der Waals surface area contributed by atoms with Gasteiger partial charge < -0.3 is 5.32 Å². The number of nitro groups is 1. The molecule has 0 spiro atoms. The van der Waals surface area contributed by atoms with E-state index in [1.165, 1.54) is 17.4 Å². The van der Waals surface area contributed by atoms with Gasteiger partial charge >= 0.3 is 0 Å². The van der Waals surface area contributed by atoms with Crippen LogP contribution in [0.4, 0.5) is 10.8 Å². The van der Waals surface area contributed by atoms with Crippen molar-refractivity contribution in [3.05, 3.63) is 80.8 Å². The summed E-state index contributed by atoms with van der Waals surface area (Å²) in [5.74, 6) is 1.30. The molecule has 0 unspecified atom stereocenters. The number of rotatable bonds is 4. The highest BCUT2D eigenvalue weighted by Gasteiger charge is 2.44. The van der Waals surface area contributed by atoms with Crippen LogP contribution in [-0.2, 0) is 0 Å². The molecule has 0 aliphatic carbocycles. The first-order valence-corrected chi connectivity index (χ1v) is 10.6. The fourth-order valence-electron chi connectivity index (χ4n) is 3.63. The van der Waals surface area contributed by atoms with Crippen LogP contribution in [0, 0.1) is 17.0 Å². The number of nitrogens with zero attached hydrogens (tertiary/aromatic N) is 6. The zero-order valence-electron chi connectivity index (χ0n) is 16.2. The Balaban J connectivity index is 1.65. The van der Waals surface area contributed by atoms with E-state index in [1.54, 1.807) is 12.1 Å². The molecule has 31 heavy (non-hydrogen) atoms. The van der Waals surface area contributed by atoms with Crippen molar-refractivity contribution in [2.24, 2.45) is 9.98 Å². The molecule has 9 nitrogen and oxygen atoms in total. The Kier molecular flexibility index (Phi) is 4.75. The third kappa shape index (κ3) is 3.47. The van der Waals surface area contributed by atoms with Gasteiger partial charge in [0.05, 0.1) is 11.0 Å². The molecule has 11 heteroatoms. The summed E-state index contributed by atoms with van der Waals surface area (Å²) in [7, 11) is 0. The number of aromatic nitrogens is 2. The number of aliphatic imine (C=N–C) groups is 2. The van der Waals surface area contributed by atoms with Gasteiger partial charge in [-0.15, -0.1) is 10.2 Å². The molecule has 2 aliphatic heterocycles. The van der Waals surface area contributed by atoms with E-state index < -0.39 is 17.0 Å². The third-order valence-corrected chi connectivity index (χ3v) is 5.99. The summed E-state index contributed by atoms with van der Waals surface area (Å²) in [5.41, 5.74) is 1.62. The molecule has 2 aromatic carbocycles. The molecule has 3 aromatic rings. The van der Waals surface area contributed by atoms with Crippen LogP contribution in [0.3, 0.4) is 0 Å². The molecule has 0 saturated carbocycles. The van der Waals surface area contributed by atoms with Crippen molar-refractivity contribution in [3.63, 3.8) is 0 Å². The van der Waals surface area contributed by atoms with Crippen LogP contribution in [-0.4, -0.2) is 37.9 Å². The van der Waals surface area contributed by atoms with Gasteiger partial charge in [-0.3, -0.25) is 20.0 Å². The topological polar surface area (TPSA) is 109 Å². The molecule has 5 rings (SSSR count). The summed E-state index contributed by atoms with van der Waals surface area (Å²) in [6.07, 6.45) is 0. The van der Waals surface area contributed by atoms with Crippen LogP contribution in [0.5, 0.6) is 0 Å². The molecule has 3 heterocycles. The lowest BCUT2D eigenvalue weighted by molar-refractivity contribution is -0.384. The molecular weight excluding hydrogens is 434 g/mol. The molecule has 0 amide bonds. The highest BCUT2D eigenvalue weighted by Crippen LogP contribution is 2.35. The van der Waals surface area contributed by atoms with E-state index >= 15 is 0 Å². The number of hydrogen-bond donors (Lipinski definition) is 1. The standard InChI is InChI=1S/C20H15N7O2S2/c1-11-24-25-20(31-11)26-17(12-6-3-2-4-7-12)21-16-15(22-19(30)23-18(16)26)13-8-5-9-14(10-13)27(28)29/h2-10,15-16H,1H3,(H,22,30)/t15-,16+/m1/s1. The first-order chi connectivity index (χ1) is 15.0. The lowest BCUT2D eigenvalue weighted by Gasteiger charge is -2.29. The Morgan fingerprint density at radius 1 is 1.16 bits per heavy atom. The summed E-state index contributed by atoms with van der Waals surface area (Å²) >= 11 is 6.84. The van der Waals surface area contributed by atoms with E-state index in [0.29, 0.717) is 27.5 Å². The molecule has 0 saturated heterocycles. The van der Waals surface area contributed by atoms with Gasteiger partial charge in [-0.2, -0.15) is 0 Å². The molecule has 1 aromatic heterocycles. The highest BCUT2D eigenvalue weighted by molar-refractivity contribution is 7.80. The van der Waals surface area contributed by atoms with Crippen LogP contribution in [0.15, 0.2) is 64.6 Å². The minimum atomic E-state index is -0.437. The van der Waals surface area contributed by atoms with Crippen molar-refractivity contribution in [2.45, 2.75) is 19.0 Å². The molecule has 154 valence electrons. The molecule has 0 bridgehead atoms. The van der Waals surface area contributed by atoms with Crippen LogP contribution in [0.25, 0.3) is 0 Å². The van der Waals surface area contributed by atoms with Gasteiger partial charge in [0, 0.05) is 17.7 Å². The average Bonchev–Trinajstić information content (AvgIpc) is 3.37. The number of non-ortho nitro benzene ring substituents is 1. The normalized spacial score (nSPS) is 20.0. The van der Waals surface area contributed by atoms with E-state index in [9.17, 15) is 10.1 Å². The van der Waals surface area contributed by atoms with Crippen molar-refractivity contribution in [3.8, 4) is 0 Å². The van der Waals surface area contributed by atoms with Crippen molar-refractivity contribution < 1.29 is 4.92 Å². The second-order valence-electron chi connectivity index (χ2n) is 6.95. The zero-order valence-corrected chi connectivity index (χ0v) is 17.8. The van der Waals surface area contributed by atoms with Crippen LogP contribution in [0.2, 0.25) is 0 Å². The largest absolute Gasteiger partial charge is 0.351 e. The smallest absolute Gasteiger partial charge is 0.269 e. The van der Waals surface area contributed by atoms with E-state index in [-0.39, 0.29) is 5.69 Å². The highest BCUT2D eigenvalue weighted by atomic mass is 32.1. The fraction of sp³-hybridized carbons (Fsp3) is 0.150. The quantitative estimate of drug-likeness (QED) is 0.369. The lowest BCUT2D eigenvalue weighted by Crippen LogP contribution is -2.47. The number of nitrogens with one attached hydrogen (secondary N) is 1. The second-order valence-corrected chi connectivity index (χ2v) is 8.50. The van der Waals surface area contributed by atoms with E-state index in [0.717, 1.165) is 10.6 Å². The number of thiocarbonyl (C=S) groups is 1. The van der Waals surface area contributed by atoms with E-state index in [1.807, 2.05) is 48.2 Å². The van der Waals surface area contributed by atoms with Gasteiger partial charge in [-0.25, -0.2) is 4.99 Å². The zero-order chi connectivity index (χ0) is 21.5. The lowest BCUT2D eigenvalue weighted by atomic mass is 9.97. The monoisotopic (exact) mass is 449 g/mol. The van der Waals surface area contributed by atoms with Gasteiger partial charge in [0.2, 0.25) is 5.13 Å². The Morgan fingerprint density at radius 3 is 2.68 bits per heavy atom. The van der Waals surface area contributed by atoms with E-state index in [4.69, 9.17) is 17.2 Å². The Morgan fingerprint density at radius 2 is 1.97 bits per heavy atom. The summed E-state index contributed by atoms with van der Waals surface area (Å²) in [5, 5.41) is 24.7. The molecule has 2 atom stereocenters. The van der Waals surface area contributed by atoms with Gasteiger partial charge in [0.15, 0.2) is 5.11 Å². The number of hydrogen-bond acceptors (Lipinski definition) is 8. The Bertz CT molecular complexity index is 1260. The van der Waals surface area contributed by atoms with Gasteiger partial charge in [-0.05, 0) is 24.7 Å². The SMILES string of the molecule is Cc1nnc(N2C(c3ccccc3)=N[C@@H]3C2=NC(=S)N[C@@H]3c2cccc([N+](=O)[O-])c2)s1. The summed E-state index contributed by atoms with van der Waals surface area (Å²) in [6, 6.07) is 15.4. The maximum absolute atomic E-state index is 11.3. The van der Waals surface area contributed by atoms with E-state index in [2.05, 4.69) is 20.5 Å². The molecule has 0 radical (unpaired) electrons. The number of aryl methyl sites for hydroxylation is 1.